The molecule has 0 spiro atoms. The number of fused-ring (bicyclic) bond motifs is 1. The van der Waals surface area contributed by atoms with Crippen molar-refractivity contribution in [3.63, 3.8) is 0 Å². The van der Waals surface area contributed by atoms with Crippen LogP contribution in [-0.2, 0) is 10.0 Å². The Morgan fingerprint density at radius 1 is 1.00 bits per heavy atom. The van der Waals surface area contributed by atoms with Crippen LogP contribution in [0.25, 0.3) is 10.8 Å². The Bertz CT molecular complexity index is 719. The Kier molecular flexibility index (Phi) is 3.50. The third-order valence-electron chi connectivity index (χ3n) is 3.78. The number of hydrogen-bond donors (Lipinski definition) is 1. The molecule has 1 aliphatic rings. The first-order valence-corrected chi connectivity index (χ1v) is 8.18. The summed E-state index contributed by atoms with van der Waals surface area (Å²) in [5, 5.41) is 11.4. The smallest absolute Gasteiger partial charge is 0.243 e. The summed E-state index contributed by atoms with van der Waals surface area (Å²) in [5.74, 6) is 0. The van der Waals surface area contributed by atoms with Crippen LogP contribution in [0.4, 0.5) is 0 Å². The van der Waals surface area contributed by atoms with E-state index in [9.17, 15) is 13.5 Å². The predicted molar refractivity (Wildman–Crippen MR) is 77.9 cm³/mol. The maximum atomic E-state index is 12.6. The Morgan fingerprint density at radius 2 is 1.65 bits per heavy atom. The van der Waals surface area contributed by atoms with E-state index in [-0.39, 0.29) is 6.10 Å². The van der Waals surface area contributed by atoms with Gasteiger partial charge < -0.3 is 5.11 Å². The average Bonchev–Trinajstić information content (AvgIpc) is 2.47. The van der Waals surface area contributed by atoms with Gasteiger partial charge in [0.1, 0.15) is 0 Å². The minimum atomic E-state index is -3.45. The number of aliphatic hydroxyl groups is 1. The van der Waals surface area contributed by atoms with Gasteiger partial charge in [-0.25, -0.2) is 8.42 Å². The topological polar surface area (TPSA) is 57.6 Å². The molecule has 3 rings (SSSR count). The first-order valence-electron chi connectivity index (χ1n) is 6.74. The normalized spacial score (nSPS) is 18.4. The van der Waals surface area contributed by atoms with Gasteiger partial charge in [-0.3, -0.25) is 0 Å². The average molecular weight is 291 g/mol. The lowest BCUT2D eigenvalue weighted by atomic mass is 10.1. The molecule has 0 unspecified atom stereocenters. The van der Waals surface area contributed by atoms with E-state index in [1.54, 1.807) is 12.1 Å². The van der Waals surface area contributed by atoms with Gasteiger partial charge >= 0.3 is 0 Å². The van der Waals surface area contributed by atoms with E-state index in [0.29, 0.717) is 30.8 Å². The molecule has 2 aromatic carbocycles. The van der Waals surface area contributed by atoms with Crippen molar-refractivity contribution in [3.8, 4) is 0 Å². The first kappa shape index (κ1) is 13.5. The van der Waals surface area contributed by atoms with E-state index in [0.717, 1.165) is 10.8 Å². The highest BCUT2D eigenvalue weighted by Crippen LogP contribution is 2.24. The number of rotatable bonds is 2. The number of aliphatic hydroxyl groups excluding tert-OH is 1. The van der Waals surface area contributed by atoms with Gasteiger partial charge in [-0.1, -0.05) is 30.3 Å². The van der Waals surface area contributed by atoms with Crippen LogP contribution in [-0.4, -0.2) is 37.0 Å². The van der Waals surface area contributed by atoms with Crippen LogP contribution >= 0.6 is 0 Å². The zero-order chi connectivity index (χ0) is 14.2. The van der Waals surface area contributed by atoms with E-state index in [1.165, 1.54) is 4.31 Å². The van der Waals surface area contributed by atoms with Crippen molar-refractivity contribution in [1.29, 1.82) is 0 Å². The number of benzene rings is 2. The Balaban J connectivity index is 1.96. The lowest BCUT2D eigenvalue weighted by Gasteiger charge is -2.28. The highest BCUT2D eigenvalue weighted by Gasteiger charge is 2.28. The zero-order valence-corrected chi connectivity index (χ0v) is 11.9. The summed E-state index contributed by atoms with van der Waals surface area (Å²) < 4.78 is 26.6. The summed E-state index contributed by atoms with van der Waals surface area (Å²) in [4.78, 5) is 0.326. The van der Waals surface area contributed by atoms with Gasteiger partial charge in [0.2, 0.25) is 10.0 Å². The highest BCUT2D eigenvalue weighted by atomic mass is 32.2. The second kappa shape index (κ2) is 5.16. The van der Waals surface area contributed by atoms with Gasteiger partial charge in [-0.2, -0.15) is 4.31 Å². The predicted octanol–water partition coefficient (Wildman–Crippen LogP) is 1.99. The largest absolute Gasteiger partial charge is 0.393 e. The Hall–Kier alpha value is -1.43. The summed E-state index contributed by atoms with van der Waals surface area (Å²) in [6.45, 7) is 0.770. The first-order chi connectivity index (χ1) is 9.57. The summed E-state index contributed by atoms with van der Waals surface area (Å²) in [6, 6.07) is 12.9. The number of hydrogen-bond acceptors (Lipinski definition) is 3. The molecule has 0 aliphatic carbocycles. The van der Waals surface area contributed by atoms with Gasteiger partial charge in [0.15, 0.2) is 0 Å². The van der Waals surface area contributed by atoms with Crippen LogP contribution in [0, 0.1) is 0 Å². The lowest BCUT2D eigenvalue weighted by molar-refractivity contribution is 0.113. The molecule has 0 bridgehead atoms. The van der Waals surface area contributed by atoms with E-state index in [1.807, 2.05) is 30.3 Å². The SMILES string of the molecule is O=S(=O)(c1ccc2ccccc2c1)N1CCC(O)CC1. The number of nitrogens with zero attached hydrogens (tertiary/aromatic N) is 1. The van der Waals surface area contributed by atoms with Gasteiger partial charge in [-0.15, -0.1) is 0 Å². The minimum absolute atomic E-state index is 0.326. The summed E-state index contributed by atoms with van der Waals surface area (Å²) in [5.41, 5.74) is 0. The zero-order valence-electron chi connectivity index (χ0n) is 11.1. The van der Waals surface area contributed by atoms with Crippen molar-refractivity contribution in [1.82, 2.24) is 4.31 Å². The van der Waals surface area contributed by atoms with Crippen LogP contribution in [0.1, 0.15) is 12.8 Å². The van der Waals surface area contributed by atoms with E-state index in [4.69, 9.17) is 0 Å². The van der Waals surface area contributed by atoms with Crippen LogP contribution < -0.4 is 0 Å². The van der Waals surface area contributed by atoms with Crippen molar-refractivity contribution >= 4 is 20.8 Å². The van der Waals surface area contributed by atoms with Gasteiger partial charge in [0, 0.05) is 13.1 Å². The van der Waals surface area contributed by atoms with Crippen molar-refractivity contribution in [2.45, 2.75) is 23.8 Å². The van der Waals surface area contributed by atoms with Crippen LogP contribution in [0.2, 0.25) is 0 Å². The quantitative estimate of drug-likeness (QED) is 0.920. The summed E-state index contributed by atoms with van der Waals surface area (Å²) >= 11 is 0. The van der Waals surface area contributed by atoms with Crippen LogP contribution in [0.5, 0.6) is 0 Å². The van der Waals surface area contributed by atoms with Gasteiger partial charge in [-0.05, 0) is 35.7 Å². The molecule has 1 fully saturated rings. The summed E-state index contributed by atoms with van der Waals surface area (Å²) in [6.07, 6.45) is 0.637. The standard InChI is InChI=1S/C15H17NO3S/c17-14-7-9-16(10-8-14)20(18,19)15-6-5-12-3-1-2-4-13(12)11-15/h1-6,11,14,17H,7-10H2. The second-order valence-corrected chi connectivity index (χ2v) is 7.08. The molecule has 0 amide bonds. The second-order valence-electron chi connectivity index (χ2n) is 5.14. The molecule has 1 heterocycles. The molecule has 5 heteroatoms. The van der Waals surface area contributed by atoms with E-state index < -0.39 is 10.0 Å². The molecular formula is C15H17NO3S. The third kappa shape index (κ3) is 2.44. The molecule has 20 heavy (non-hydrogen) atoms. The monoisotopic (exact) mass is 291 g/mol. The van der Waals surface area contributed by atoms with Gasteiger partial charge in [0.25, 0.3) is 0 Å². The number of sulfonamides is 1. The maximum Gasteiger partial charge on any atom is 0.243 e. The maximum absolute atomic E-state index is 12.6. The molecular weight excluding hydrogens is 274 g/mol. The summed E-state index contributed by atoms with van der Waals surface area (Å²) in [7, 11) is -3.45. The highest BCUT2D eigenvalue weighted by molar-refractivity contribution is 7.89. The van der Waals surface area contributed by atoms with Crippen molar-refractivity contribution in [3.05, 3.63) is 42.5 Å². The molecule has 0 atom stereocenters. The fourth-order valence-electron chi connectivity index (χ4n) is 2.56. The fraction of sp³-hybridized carbons (Fsp3) is 0.333. The lowest BCUT2D eigenvalue weighted by Crippen LogP contribution is -2.39. The Labute approximate surface area is 118 Å². The molecule has 1 N–H and O–H groups in total. The minimum Gasteiger partial charge on any atom is -0.393 e. The van der Waals surface area contributed by atoms with Crippen LogP contribution in [0.3, 0.4) is 0 Å². The van der Waals surface area contributed by atoms with Crippen LogP contribution in [0.15, 0.2) is 47.4 Å². The Morgan fingerprint density at radius 3 is 2.35 bits per heavy atom. The molecule has 1 aliphatic heterocycles. The van der Waals surface area contributed by atoms with Crippen molar-refractivity contribution < 1.29 is 13.5 Å². The molecule has 0 aromatic heterocycles. The number of piperidine rings is 1. The van der Waals surface area contributed by atoms with Gasteiger partial charge in [0.05, 0.1) is 11.0 Å². The van der Waals surface area contributed by atoms with Crippen molar-refractivity contribution in [2.24, 2.45) is 0 Å². The molecule has 0 radical (unpaired) electrons. The molecule has 2 aromatic rings. The molecule has 106 valence electrons. The third-order valence-corrected chi connectivity index (χ3v) is 5.68. The molecule has 0 saturated carbocycles. The molecule has 1 saturated heterocycles. The van der Waals surface area contributed by atoms with Crippen molar-refractivity contribution in [2.75, 3.05) is 13.1 Å². The molecule has 4 nitrogen and oxygen atoms in total. The van der Waals surface area contributed by atoms with E-state index in [2.05, 4.69) is 0 Å². The van der Waals surface area contributed by atoms with E-state index >= 15 is 0 Å². The fourth-order valence-corrected chi connectivity index (χ4v) is 4.07.